The minimum absolute atomic E-state index is 0.136. The molecule has 34 heavy (non-hydrogen) atoms. The molecule has 9 nitrogen and oxygen atoms in total. The van der Waals surface area contributed by atoms with Crippen molar-refractivity contribution in [1.29, 1.82) is 0 Å². The molecule has 2 aromatic carbocycles. The number of hydrogen-bond donors (Lipinski definition) is 1. The molecule has 0 amide bonds. The van der Waals surface area contributed by atoms with Gasteiger partial charge < -0.3 is 38.5 Å². The molecule has 3 aliphatic rings. The van der Waals surface area contributed by atoms with E-state index in [1.807, 2.05) is 24.3 Å². The van der Waals surface area contributed by atoms with Gasteiger partial charge in [-0.3, -0.25) is 4.79 Å². The first-order chi connectivity index (χ1) is 16.5. The van der Waals surface area contributed by atoms with Crippen molar-refractivity contribution in [1.82, 2.24) is 5.32 Å². The molecule has 0 radical (unpaired) electrons. The number of carbonyl (C=O) groups excluding carboxylic acids is 1. The maximum absolute atomic E-state index is 13.0. The highest BCUT2D eigenvalue weighted by Crippen LogP contribution is 2.56. The fourth-order valence-electron chi connectivity index (χ4n) is 5.17. The van der Waals surface area contributed by atoms with Crippen LogP contribution in [-0.4, -0.2) is 47.7 Å². The number of rotatable bonds is 7. The molecule has 9 heteroatoms. The molecule has 0 aromatic heterocycles. The summed E-state index contributed by atoms with van der Waals surface area (Å²) in [6.45, 7) is 4.30. The number of carbonyl (C=O) groups is 1. The maximum atomic E-state index is 13.0. The van der Waals surface area contributed by atoms with Crippen molar-refractivity contribution in [3.8, 4) is 28.7 Å². The summed E-state index contributed by atoms with van der Waals surface area (Å²) in [5.41, 5.74) is 2.67. The molecule has 5 rings (SSSR count). The molecular weight excluding hydrogens is 442 g/mol. The number of esters is 1. The number of hydrogen-bond acceptors (Lipinski definition) is 9. The van der Waals surface area contributed by atoms with Gasteiger partial charge in [0.15, 0.2) is 28.9 Å². The number of cyclic esters (lactones) is 1. The Morgan fingerprint density at radius 1 is 0.971 bits per heavy atom. The average molecular weight is 469 g/mol. The minimum atomic E-state index is -0.595. The van der Waals surface area contributed by atoms with E-state index in [0.29, 0.717) is 34.6 Å². The second-order valence-electron chi connectivity index (χ2n) is 8.30. The monoisotopic (exact) mass is 469 g/mol. The first-order valence-electron chi connectivity index (χ1n) is 10.9. The standard InChI is InChI=1S/C25H27NO8/c1-12(26-2)34-23-15-9-18-17(32-11-33-18)8-14(15)21(16-10-31-25(27)22(16)23)13-6-19(28-3)24(30-5)20(7-13)29-4/h6-9,16,21-23,26H,1,10-11H2,2-5H3. The van der Waals surface area contributed by atoms with Gasteiger partial charge in [-0.25, -0.2) is 0 Å². The van der Waals surface area contributed by atoms with Gasteiger partial charge >= 0.3 is 5.97 Å². The lowest BCUT2D eigenvalue weighted by Gasteiger charge is -2.39. The minimum Gasteiger partial charge on any atom is -0.493 e. The quantitative estimate of drug-likeness (QED) is 0.485. The lowest BCUT2D eigenvalue weighted by atomic mass is 9.66. The largest absolute Gasteiger partial charge is 0.493 e. The van der Waals surface area contributed by atoms with Crippen LogP contribution < -0.4 is 29.0 Å². The molecule has 0 spiro atoms. The SMILES string of the molecule is C=C(NC)OC1c2cc3c(cc2C(c2cc(OC)c(OC)c(OC)c2)C2COC(=O)C12)OCO3. The van der Waals surface area contributed by atoms with Crippen molar-refractivity contribution in [3.05, 3.63) is 53.4 Å². The summed E-state index contributed by atoms with van der Waals surface area (Å²) < 4.78 is 39.7. The maximum Gasteiger partial charge on any atom is 0.313 e. The van der Waals surface area contributed by atoms with Gasteiger partial charge in [0, 0.05) is 24.4 Å². The summed E-state index contributed by atoms with van der Waals surface area (Å²) in [6.07, 6.45) is -0.595. The first kappa shape index (κ1) is 22.1. The number of fused-ring (bicyclic) bond motifs is 3. The summed E-state index contributed by atoms with van der Waals surface area (Å²) >= 11 is 0. The van der Waals surface area contributed by atoms with Crippen LogP contribution in [-0.2, 0) is 14.3 Å². The van der Waals surface area contributed by atoms with Gasteiger partial charge in [-0.15, -0.1) is 0 Å². The van der Waals surface area contributed by atoms with Crippen LogP contribution in [0, 0.1) is 11.8 Å². The van der Waals surface area contributed by atoms with Crippen molar-refractivity contribution in [2.75, 3.05) is 41.8 Å². The second kappa shape index (κ2) is 8.55. The normalized spacial score (nSPS) is 23.9. The van der Waals surface area contributed by atoms with Crippen LogP contribution in [0.25, 0.3) is 0 Å². The van der Waals surface area contributed by atoms with Gasteiger partial charge in [-0.1, -0.05) is 0 Å². The van der Waals surface area contributed by atoms with Gasteiger partial charge in [0.25, 0.3) is 0 Å². The molecule has 0 saturated carbocycles. The third kappa shape index (κ3) is 3.34. The van der Waals surface area contributed by atoms with E-state index in [4.69, 9.17) is 33.2 Å². The van der Waals surface area contributed by atoms with Gasteiger partial charge in [0.1, 0.15) is 12.0 Å². The Morgan fingerprint density at radius 3 is 2.21 bits per heavy atom. The van der Waals surface area contributed by atoms with Crippen LogP contribution in [0.5, 0.6) is 28.7 Å². The number of nitrogens with one attached hydrogen (secondary N) is 1. The van der Waals surface area contributed by atoms with E-state index in [1.54, 1.807) is 28.4 Å². The Morgan fingerprint density at radius 2 is 1.62 bits per heavy atom. The number of benzene rings is 2. The predicted molar refractivity (Wildman–Crippen MR) is 120 cm³/mol. The predicted octanol–water partition coefficient (Wildman–Crippen LogP) is 3.12. The van der Waals surface area contributed by atoms with Gasteiger partial charge in [0.05, 0.1) is 27.9 Å². The Labute approximate surface area is 197 Å². The topological polar surface area (TPSA) is 93.7 Å². The first-order valence-corrected chi connectivity index (χ1v) is 10.9. The summed E-state index contributed by atoms with van der Waals surface area (Å²) in [6, 6.07) is 7.67. The number of methoxy groups -OCH3 is 3. The van der Waals surface area contributed by atoms with Crippen LogP contribution in [0.1, 0.15) is 28.7 Å². The highest BCUT2D eigenvalue weighted by Gasteiger charge is 2.54. The summed E-state index contributed by atoms with van der Waals surface area (Å²) in [7, 11) is 6.43. The molecule has 2 aromatic rings. The number of ether oxygens (including phenoxy) is 7. The zero-order chi connectivity index (χ0) is 24.0. The average Bonchev–Trinajstić information content (AvgIpc) is 3.47. The van der Waals surface area contributed by atoms with E-state index >= 15 is 0 Å². The highest BCUT2D eigenvalue weighted by molar-refractivity contribution is 5.78. The van der Waals surface area contributed by atoms with Crippen molar-refractivity contribution in [3.63, 3.8) is 0 Å². The van der Waals surface area contributed by atoms with Crippen molar-refractivity contribution >= 4 is 5.97 Å². The fourth-order valence-corrected chi connectivity index (χ4v) is 5.17. The van der Waals surface area contributed by atoms with Crippen molar-refractivity contribution in [2.45, 2.75) is 12.0 Å². The van der Waals surface area contributed by atoms with Crippen molar-refractivity contribution < 1.29 is 38.0 Å². The van der Waals surface area contributed by atoms with E-state index in [-0.39, 0.29) is 31.2 Å². The van der Waals surface area contributed by atoms with E-state index in [0.717, 1.165) is 16.7 Å². The lowest BCUT2D eigenvalue weighted by Crippen LogP contribution is -2.36. The molecule has 4 unspecified atom stereocenters. The van der Waals surface area contributed by atoms with E-state index in [9.17, 15) is 4.79 Å². The zero-order valence-corrected chi connectivity index (χ0v) is 19.5. The Kier molecular flexibility index (Phi) is 5.55. The van der Waals surface area contributed by atoms with Crippen LogP contribution in [0.2, 0.25) is 0 Å². The van der Waals surface area contributed by atoms with E-state index in [1.165, 1.54) is 0 Å². The molecule has 1 N–H and O–H groups in total. The van der Waals surface area contributed by atoms with Crippen LogP contribution in [0.4, 0.5) is 0 Å². The molecular formula is C25H27NO8. The van der Waals surface area contributed by atoms with E-state index < -0.39 is 12.0 Å². The Bertz CT molecular complexity index is 1120. The van der Waals surface area contributed by atoms with Crippen LogP contribution >= 0.6 is 0 Å². The van der Waals surface area contributed by atoms with Gasteiger partial charge in [0.2, 0.25) is 12.5 Å². The smallest absolute Gasteiger partial charge is 0.313 e. The Balaban J connectivity index is 1.73. The van der Waals surface area contributed by atoms with Gasteiger partial charge in [-0.05, 0) is 42.0 Å². The Hall–Kier alpha value is -3.75. The highest BCUT2D eigenvalue weighted by atomic mass is 16.7. The third-order valence-electron chi connectivity index (χ3n) is 6.72. The molecule has 1 fully saturated rings. The molecule has 4 atom stereocenters. The second-order valence-corrected chi connectivity index (χ2v) is 8.30. The van der Waals surface area contributed by atoms with Crippen molar-refractivity contribution in [2.24, 2.45) is 11.8 Å². The third-order valence-corrected chi connectivity index (χ3v) is 6.72. The van der Waals surface area contributed by atoms with E-state index in [2.05, 4.69) is 11.9 Å². The summed E-state index contributed by atoms with van der Waals surface area (Å²) in [5.74, 6) is 1.90. The summed E-state index contributed by atoms with van der Waals surface area (Å²) in [4.78, 5) is 13.0. The molecule has 2 aliphatic heterocycles. The molecule has 1 saturated heterocycles. The summed E-state index contributed by atoms with van der Waals surface area (Å²) in [5, 5.41) is 2.90. The zero-order valence-electron chi connectivity index (χ0n) is 19.5. The van der Waals surface area contributed by atoms with Gasteiger partial charge in [-0.2, -0.15) is 0 Å². The molecule has 2 heterocycles. The molecule has 1 aliphatic carbocycles. The van der Waals surface area contributed by atoms with Crippen LogP contribution in [0.3, 0.4) is 0 Å². The molecule has 180 valence electrons. The lowest BCUT2D eigenvalue weighted by molar-refractivity contribution is -0.145. The molecule has 0 bridgehead atoms. The fraction of sp³-hybridized carbons (Fsp3) is 0.400. The van der Waals surface area contributed by atoms with Crippen LogP contribution in [0.15, 0.2) is 36.7 Å².